The molecule has 0 aliphatic carbocycles. The fourth-order valence-electron chi connectivity index (χ4n) is 3.91. The quantitative estimate of drug-likeness (QED) is 0.0889. The molecule has 0 saturated carbocycles. The van der Waals surface area contributed by atoms with Gasteiger partial charge in [0.25, 0.3) is 0 Å². The molecule has 13 nitrogen and oxygen atoms in total. The van der Waals surface area contributed by atoms with Gasteiger partial charge < -0.3 is 42.6 Å². The van der Waals surface area contributed by atoms with Gasteiger partial charge in [-0.2, -0.15) is 12.6 Å². The maximum absolute atomic E-state index is 13.3. The Morgan fingerprint density at radius 3 is 2.18 bits per heavy atom. The van der Waals surface area contributed by atoms with E-state index in [1.54, 1.807) is 6.20 Å². The lowest BCUT2D eigenvalue weighted by Gasteiger charge is -2.25. The molecule has 0 spiro atoms. The number of carbonyl (C=O) groups is 5. The zero-order valence-corrected chi connectivity index (χ0v) is 22.3. The van der Waals surface area contributed by atoms with Gasteiger partial charge in [-0.15, -0.1) is 0 Å². The number of carboxylic acids is 2. The molecular formula is C25H36N6O7S. The molecule has 4 atom stereocenters. The van der Waals surface area contributed by atoms with E-state index in [4.69, 9.17) is 16.6 Å². The first kappa shape index (κ1) is 31.6. The van der Waals surface area contributed by atoms with Crippen LogP contribution in [0, 0.1) is 0 Å². The Morgan fingerprint density at radius 2 is 1.54 bits per heavy atom. The number of fused-ring (bicyclic) bond motifs is 1. The fraction of sp³-hybridized carbons (Fsp3) is 0.480. The summed E-state index contributed by atoms with van der Waals surface area (Å²) in [5.41, 5.74) is 12.9. The molecule has 14 heteroatoms. The van der Waals surface area contributed by atoms with Gasteiger partial charge >= 0.3 is 11.9 Å². The van der Waals surface area contributed by atoms with Crippen LogP contribution in [0.3, 0.4) is 0 Å². The molecule has 0 aliphatic rings. The van der Waals surface area contributed by atoms with Crippen molar-refractivity contribution in [3.05, 3.63) is 36.0 Å². The number of H-pyrrole nitrogens is 1. The number of aliphatic carboxylic acids is 2. The molecule has 39 heavy (non-hydrogen) atoms. The standard InChI is InChI=1S/C25H36N6O7S/c26-10-4-3-7-18(29-22(34)16(27)8-9-21(32)33)23(35)30-19(24(36)31-20(13-39)25(37)38)11-14-12-28-17-6-2-1-5-15(14)17/h1-2,5-6,12,16,18-20,28,39H,3-4,7-11,13,26-27H2,(H,29,34)(H,30,35)(H,31,36)(H,32,33)(H,37,38). The number of para-hydroxylation sites is 1. The zero-order chi connectivity index (χ0) is 28.9. The molecular weight excluding hydrogens is 528 g/mol. The third-order valence-corrected chi connectivity index (χ3v) is 6.48. The van der Waals surface area contributed by atoms with Crippen LogP contribution >= 0.6 is 12.6 Å². The van der Waals surface area contributed by atoms with Crippen molar-refractivity contribution in [1.82, 2.24) is 20.9 Å². The number of rotatable bonds is 17. The molecule has 1 aromatic carbocycles. The largest absolute Gasteiger partial charge is 0.481 e. The van der Waals surface area contributed by atoms with Crippen LogP contribution in [0.4, 0.5) is 0 Å². The first-order valence-corrected chi connectivity index (χ1v) is 13.2. The van der Waals surface area contributed by atoms with Crippen molar-refractivity contribution in [1.29, 1.82) is 0 Å². The van der Waals surface area contributed by atoms with Crippen LogP contribution < -0.4 is 27.4 Å². The van der Waals surface area contributed by atoms with Crippen LogP contribution in [-0.2, 0) is 30.4 Å². The van der Waals surface area contributed by atoms with Crippen LogP contribution in [-0.4, -0.2) is 81.3 Å². The first-order chi connectivity index (χ1) is 18.6. The summed E-state index contributed by atoms with van der Waals surface area (Å²) in [5, 5.41) is 26.6. The van der Waals surface area contributed by atoms with Crippen molar-refractivity contribution >= 4 is 53.2 Å². The van der Waals surface area contributed by atoms with Crippen molar-refractivity contribution in [2.24, 2.45) is 11.5 Å². The van der Waals surface area contributed by atoms with Crippen LogP contribution in [0.25, 0.3) is 10.9 Å². The summed E-state index contributed by atoms with van der Waals surface area (Å²) >= 11 is 3.98. The fourth-order valence-corrected chi connectivity index (χ4v) is 4.16. The highest BCUT2D eigenvalue weighted by Crippen LogP contribution is 2.19. The number of aromatic nitrogens is 1. The minimum atomic E-state index is -1.28. The van der Waals surface area contributed by atoms with Gasteiger partial charge in [0.05, 0.1) is 6.04 Å². The second kappa shape index (κ2) is 15.7. The molecule has 3 amide bonds. The molecule has 0 aliphatic heterocycles. The molecule has 0 radical (unpaired) electrons. The third-order valence-electron chi connectivity index (χ3n) is 6.11. The molecule has 2 aromatic rings. The molecule has 214 valence electrons. The predicted octanol–water partition coefficient (Wildman–Crippen LogP) is -0.500. The Hall–Kier alpha value is -3.62. The van der Waals surface area contributed by atoms with E-state index >= 15 is 0 Å². The number of nitrogens with two attached hydrogens (primary N) is 2. The van der Waals surface area contributed by atoms with Gasteiger partial charge in [-0.25, -0.2) is 4.79 Å². The number of aromatic amines is 1. The highest BCUT2D eigenvalue weighted by Gasteiger charge is 2.30. The van der Waals surface area contributed by atoms with E-state index < -0.39 is 53.8 Å². The highest BCUT2D eigenvalue weighted by atomic mass is 32.1. The predicted molar refractivity (Wildman–Crippen MR) is 147 cm³/mol. The van der Waals surface area contributed by atoms with E-state index in [0.29, 0.717) is 24.9 Å². The summed E-state index contributed by atoms with van der Waals surface area (Å²) in [6.07, 6.45) is 2.54. The average molecular weight is 565 g/mol. The van der Waals surface area contributed by atoms with Crippen molar-refractivity contribution < 1.29 is 34.2 Å². The first-order valence-electron chi connectivity index (χ1n) is 12.5. The van der Waals surface area contributed by atoms with Crippen LogP contribution in [0.2, 0.25) is 0 Å². The molecule has 4 unspecified atom stereocenters. The highest BCUT2D eigenvalue weighted by molar-refractivity contribution is 7.80. The molecule has 0 saturated heterocycles. The number of nitrogens with one attached hydrogen (secondary N) is 4. The van der Waals surface area contributed by atoms with Crippen LogP contribution in [0.1, 0.15) is 37.7 Å². The number of hydrogen-bond acceptors (Lipinski definition) is 8. The lowest BCUT2D eigenvalue weighted by Crippen LogP contribution is -2.57. The van der Waals surface area contributed by atoms with Crippen molar-refractivity contribution in [3.8, 4) is 0 Å². The number of thiol groups is 1. The Balaban J connectivity index is 2.26. The maximum Gasteiger partial charge on any atom is 0.327 e. The van der Waals surface area contributed by atoms with Gasteiger partial charge in [0.1, 0.15) is 18.1 Å². The Morgan fingerprint density at radius 1 is 0.897 bits per heavy atom. The van der Waals surface area contributed by atoms with Gasteiger partial charge in [-0.1, -0.05) is 18.2 Å². The summed E-state index contributed by atoms with van der Waals surface area (Å²) in [5.74, 6) is -4.67. The lowest BCUT2D eigenvalue weighted by molar-refractivity contribution is -0.141. The van der Waals surface area contributed by atoms with Crippen LogP contribution in [0.5, 0.6) is 0 Å². The number of carboxylic acid groups (broad SMARTS) is 2. The van der Waals surface area contributed by atoms with E-state index in [0.717, 1.165) is 10.9 Å². The van der Waals surface area contributed by atoms with Gasteiger partial charge in [-0.3, -0.25) is 19.2 Å². The number of benzene rings is 1. The summed E-state index contributed by atoms with van der Waals surface area (Å²) in [7, 11) is 0. The summed E-state index contributed by atoms with van der Waals surface area (Å²) in [4.78, 5) is 64.5. The van der Waals surface area contributed by atoms with Gasteiger partial charge in [0.15, 0.2) is 0 Å². The van der Waals surface area contributed by atoms with Gasteiger partial charge in [0, 0.05) is 35.7 Å². The molecule has 0 fully saturated rings. The Labute approximate surface area is 230 Å². The van der Waals surface area contributed by atoms with Crippen LogP contribution in [0.15, 0.2) is 30.5 Å². The summed E-state index contributed by atoms with van der Waals surface area (Å²) in [6.45, 7) is 0.367. The SMILES string of the molecule is NCCCCC(NC(=O)C(N)CCC(=O)O)C(=O)NC(Cc1c[nH]c2ccccc12)C(=O)NC(CS)C(=O)O. The minimum absolute atomic E-state index is 0.0299. The molecule has 0 bridgehead atoms. The maximum atomic E-state index is 13.3. The average Bonchev–Trinajstić information content (AvgIpc) is 3.31. The lowest BCUT2D eigenvalue weighted by atomic mass is 10.0. The number of hydrogen-bond donors (Lipinski definition) is 9. The van der Waals surface area contributed by atoms with E-state index in [-0.39, 0.29) is 31.4 Å². The van der Waals surface area contributed by atoms with Crippen molar-refractivity contribution in [2.45, 2.75) is 62.7 Å². The number of unbranched alkanes of at least 4 members (excludes halogenated alkanes) is 1. The number of carbonyl (C=O) groups excluding carboxylic acids is 3. The van der Waals surface area contributed by atoms with E-state index in [1.807, 2.05) is 24.3 Å². The molecule has 10 N–H and O–H groups in total. The normalized spacial score (nSPS) is 14.1. The molecule has 2 rings (SSSR count). The van der Waals surface area contributed by atoms with E-state index in [2.05, 4.69) is 33.6 Å². The minimum Gasteiger partial charge on any atom is -0.481 e. The molecule has 1 aromatic heterocycles. The second-order valence-corrected chi connectivity index (χ2v) is 9.46. The monoisotopic (exact) mass is 564 g/mol. The third kappa shape index (κ3) is 9.89. The summed E-state index contributed by atoms with van der Waals surface area (Å²) in [6, 6.07) is 2.66. The summed E-state index contributed by atoms with van der Waals surface area (Å²) < 4.78 is 0. The van der Waals surface area contributed by atoms with E-state index in [9.17, 15) is 29.1 Å². The Kier molecular flexibility index (Phi) is 12.7. The van der Waals surface area contributed by atoms with Gasteiger partial charge in [-0.05, 0) is 43.9 Å². The molecule has 1 heterocycles. The van der Waals surface area contributed by atoms with Crippen molar-refractivity contribution in [2.75, 3.05) is 12.3 Å². The van der Waals surface area contributed by atoms with Gasteiger partial charge in [0.2, 0.25) is 17.7 Å². The Bertz CT molecular complexity index is 1160. The van der Waals surface area contributed by atoms with E-state index in [1.165, 1.54) is 0 Å². The number of amides is 3. The zero-order valence-electron chi connectivity index (χ0n) is 21.4. The smallest absolute Gasteiger partial charge is 0.327 e. The topological polar surface area (TPSA) is 230 Å². The van der Waals surface area contributed by atoms with Crippen molar-refractivity contribution in [3.63, 3.8) is 0 Å². The second-order valence-electron chi connectivity index (χ2n) is 9.09.